The summed E-state index contributed by atoms with van der Waals surface area (Å²) in [6.07, 6.45) is 0.938. The number of hydrogen-bond acceptors (Lipinski definition) is 5. The number of benzene rings is 1. The molecule has 4 nitrogen and oxygen atoms in total. The largest absolute Gasteiger partial charge is 0.297 e. The minimum atomic E-state index is -0.0720. The molecule has 3 heterocycles. The molecule has 2 aromatic heterocycles. The summed E-state index contributed by atoms with van der Waals surface area (Å²) in [5.74, 6) is -0.0720. The molecule has 0 atom stereocenters. The van der Waals surface area contributed by atoms with E-state index in [-0.39, 0.29) is 18.3 Å². The summed E-state index contributed by atoms with van der Waals surface area (Å²) < 4.78 is 0. The Labute approximate surface area is 160 Å². The third-order valence-electron chi connectivity index (χ3n) is 4.02. The highest BCUT2D eigenvalue weighted by atomic mass is 35.5. The van der Waals surface area contributed by atoms with E-state index >= 15 is 0 Å². The second kappa shape index (κ2) is 8.10. The van der Waals surface area contributed by atoms with Gasteiger partial charge in [0.15, 0.2) is 5.13 Å². The fourth-order valence-electron chi connectivity index (χ4n) is 2.84. The number of anilines is 1. The van der Waals surface area contributed by atoms with Crippen LogP contribution in [-0.2, 0) is 19.5 Å². The number of nitrogens with zero attached hydrogens (tertiary/aromatic N) is 2. The molecule has 1 aromatic carbocycles. The molecule has 0 spiro atoms. The van der Waals surface area contributed by atoms with E-state index in [4.69, 9.17) is 0 Å². The lowest BCUT2D eigenvalue weighted by Crippen LogP contribution is -2.29. The molecule has 1 aliphatic rings. The molecular weight excluding hydrogens is 374 g/mol. The van der Waals surface area contributed by atoms with Crippen molar-refractivity contribution in [3.8, 4) is 0 Å². The molecule has 25 heavy (non-hydrogen) atoms. The standard InChI is InChI=1S/C18H17N3OS2.ClH/c22-17(15-7-4-10-23-15)20-18-19-14-8-9-21(12-16(14)24-18)11-13-5-2-1-3-6-13;/h1-7,10H,8-9,11-12H2,(H,19,20,22);1H. The van der Waals surface area contributed by atoms with Gasteiger partial charge in [-0.3, -0.25) is 15.0 Å². The molecule has 0 radical (unpaired) electrons. The molecule has 0 unspecified atom stereocenters. The molecule has 4 rings (SSSR count). The van der Waals surface area contributed by atoms with Crippen LogP contribution < -0.4 is 5.32 Å². The third-order valence-corrected chi connectivity index (χ3v) is 5.89. The fourth-order valence-corrected chi connectivity index (χ4v) is 4.51. The Hall–Kier alpha value is -1.73. The summed E-state index contributed by atoms with van der Waals surface area (Å²) in [4.78, 5) is 21.2. The van der Waals surface area contributed by atoms with Gasteiger partial charge in [0.25, 0.3) is 5.91 Å². The Balaban J connectivity index is 0.00000182. The van der Waals surface area contributed by atoms with E-state index in [1.165, 1.54) is 21.8 Å². The first-order valence-electron chi connectivity index (χ1n) is 7.87. The first kappa shape index (κ1) is 18.1. The summed E-state index contributed by atoms with van der Waals surface area (Å²) in [5.41, 5.74) is 2.46. The van der Waals surface area contributed by atoms with Crippen molar-refractivity contribution in [2.45, 2.75) is 19.5 Å². The van der Waals surface area contributed by atoms with Gasteiger partial charge in [0.2, 0.25) is 0 Å². The molecule has 3 aromatic rings. The van der Waals surface area contributed by atoms with Gasteiger partial charge in [0.1, 0.15) is 0 Å². The molecule has 0 bridgehead atoms. The smallest absolute Gasteiger partial charge is 0.267 e. The van der Waals surface area contributed by atoms with Gasteiger partial charge in [-0.05, 0) is 17.0 Å². The number of carbonyl (C=O) groups is 1. The van der Waals surface area contributed by atoms with Crippen molar-refractivity contribution >= 4 is 46.1 Å². The van der Waals surface area contributed by atoms with Gasteiger partial charge in [0.05, 0.1) is 10.6 Å². The number of thiazole rings is 1. The molecule has 1 N–H and O–H groups in total. The van der Waals surface area contributed by atoms with Crippen molar-refractivity contribution in [3.05, 3.63) is 68.9 Å². The maximum atomic E-state index is 12.1. The van der Waals surface area contributed by atoms with E-state index < -0.39 is 0 Å². The van der Waals surface area contributed by atoms with Crippen molar-refractivity contribution in [2.75, 3.05) is 11.9 Å². The van der Waals surface area contributed by atoms with E-state index in [0.29, 0.717) is 10.0 Å². The van der Waals surface area contributed by atoms with Crippen molar-refractivity contribution in [3.63, 3.8) is 0 Å². The first-order chi connectivity index (χ1) is 11.8. The van der Waals surface area contributed by atoms with Crippen LogP contribution in [0.3, 0.4) is 0 Å². The number of halogens is 1. The zero-order valence-electron chi connectivity index (χ0n) is 13.5. The maximum Gasteiger partial charge on any atom is 0.267 e. The Morgan fingerprint density at radius 3 is 2.80 bits per heavy atom. The van der Waals surface area contributed by atoms with Crippen LogP contribution >= 0.6 is 35.1 Å². The Kier molecular flexibility index (Phi) is 5.86. The third kappa shape index (κ3) is 4.27. The summed E-state index contributed by atoms with van der Waals surface area (Å²) in [6.45, 7) is 2.86. The zero-order chi connectivity index (χ0) is 16.4. The zero-order valence-corrected chi connectivity index (χ0v) is 15.9. The molecule has 0 saturated heterocycles. The van der Waals surface area contributed by atoms with Crippen LogP contribution in [-0.4, -0.2) is 22.3 Å². The van der Waals surface area contributed by atoms with Crippen LogP contribution in [0.4, 0.5) is 5.13 Å². The maximum absolute atomic E-state index is 12.1. The number of carbonyl (C=O) groups excluding carboxylic acids is 1. The SMILES string of the molecule is Cl.O=C(Nc1nc2c(s1)CN(Cc1ccccc1)CC2)c1cccs1. The summed E-state index contributed by atoms with van der Waals surface area (Å²) >= 11 is 3.04. The Morgan fingerprint density at radius 1 is 1.20 bits per heavy atom. The summed E-state index contributed by atoms with van der Waals surface area (Å²) in [7, 11) is 0. The Morgan fingerprint density at radius 2 is 2.04 bits per heavy atom. The lowest BCUT2D eigenvalue weighted by molar-refractivity contribution is 0.103. The first-order valence-corrected chi connectivity index (χ1v) is 9.57. The molecular formula is C18H18ClN3OS2. The minimum Gasteiger partial charge on any atom is -0.297 e. The van der Waals surface area contributed by atoms with Gasteiger partial charge in [0, 0.05) is 30.9 Å². The lowest BCUT2D eigenvalue weighted by Gasteiger charge is -2.25. The monoisotopic (exact) mass is 391 g/mol. The number of fused-ring (bicyclic) bond motifs is 1. The van der Waals surface area contributed by atoms with Gasteiger partial charge >= 0.3 is 0 Å². The van der Waals surface area contributed by atoms with Crippen LogP contribution in [0.15, 0.2) is 47.8 Å². The van der Waals surface area contributed by atoms with Gasteiger partial charge in [-0.1, -0.05) is 36.4 Å². The topological polar surface area (TPSA) is 45.2 Å². The molecule has 130 valence electrons. The van der Waals surface area contributed by atoms with Crippen molar-refractivity contribution in [1.29, 1.82) is 0 Å². The number of nitrogens with one attached hydrogen (secondary N) is 1. The molecule has 0 aliphatic carbocycles. The average Bonchev–Trinajstić information content (AvgIpc) is 3.24. The van der Waals surface area contributed by atoms with E-state index in [0.717, 1.165) is 31.7 Å². The number of rotatable bonds is 4. The minimum absolute atomic E-state index is 0. The van der Waals surface area contributed by atoms with E-state index in [2.05, 4.69) is 39.5 Å². The van der Waals surface area contributed by atoms with Gasteiger partial charge in [-0.25, -0.2) is 4.98 Å². The van der Waals surface area contributed by atoms with E-state index in [1.54, 1.807) is 11.3 Å². The van der Waals surface area contributed by atoms with Crippen LogP contribution in [0, 0.1) is 0 Å². The van der Waals surface area contributed by atoms with Crippen molar-refractivity contribution in [1.82, 2.24) is 9.88 Å². The highest BCUT2D eigenvalue weighted by molar-refractivity contribution is 7.16. The molecule has 0 saturated carbocycles. The van der Waals surface area contributed by atoms with Crippen LogP contribution in [0.2, 0.25) is 0 Å². The number of amides is 1. The fraction of sp³-hybridized carbons (Fsp3) is 0.222. The van der Waals surface area contributed by atoms with Crippen LogP contribution in [0.25, 0.3) is 0 Å². The van der Waals surface area contributed by atoms with E-state index in [1.807, 2.05) is 23.6 Å². The van der Waals surface area contributed by atoms with Crippen LogP contribution in [0.5, 0.6) is 0 Å². The quantitative estimate of drug-likeness (QED) is 0.715. The highest BCUT2D eigenvalue weighted by Crippen LogP contribution is 2.29. The molecule has 0 fully saturated rings. The summed E-state index contributed by atoms with van der Waals surface area (Å²) in [5, 5.41) is 5.54. The second-order valence-corrected chi connectivity index (χ2v) is 7.80. The second-order valence-electron chi connectivity index (χ2n) is 5.77. The van der Waals surface area contributed by atoms with Crippen molar-refractivity contribution in [2.24, 2.45) is 0 Å². The molecule has 1 aliphatic heterocycles. The van der Waals surface area contributed by atoms with Gasteiger partial charge < -0.3 is 0 Å². The average molecular weight is 392 g/mol. The predicted molar refractivity (Wildman–Crippen MR) is 106 cm³/mol. The van der Waals surface area contributed by atoms with E-state index in [9.17, 15) is 4.79 Å². The van der Waals surface area contributed by atoms with Crippen LogP contribution in [0.1, 0.15) is 25.8 Å². The normalized spacial score (nSPS) is 13.8. The number of hydrogen-bond donors (Lipinski definition) is 1. The summed E-state index contributed by atoms with van der Waals surface area (Å²) in [6, 6.07) is 14.2. The Bertz CT molecular complexity index is 833. The van der Waals surface area contributed by atoms with Gasteiger partial charge in [-0.2, -0.15) is 0 Å². The molecule has 7 heteroatoms. The molecule has 1 amide bonds. The number of aromatic nitrogens is 1. The lowest BCUT2D eigenvalue weighted by atomic mass is 10.1. The van der Waals surface area contributed by atoms with Gasteiger partial charge in [-0.15, -0.1) is 35.1 Å². The highest BCUT2D eigenvalue weighted by Gasteiger charge is 2.21. The number of thiophene rings is 1. The predicted octanol–water partition coefficient (Wildman–Crippen LogP) is 4.44. The van der Waals surface area contributed by atoms with Crippen molar-refractivity contribution < 1.29 is 4.79 Å².